The highest BCUT2D eigenvalue weighted by molar-refractivity contribution is 5.90. The van der Waals surface area contributed by atoms with Crippen LogP contribution in [0.5, 0.6) is 0 Å². The molecule has 0 spiro atoms. The maximum Gasteiger partial charge on any atom is 0.225 e. The Kier molecular flexibility index (Phi) is 6.83. The smallest absolute Gasteiger partial charge is 0.225 e. The molecule has 1 rings (SSSR count). The van der Waals surface area contributed by atoms with E-state index in [0.29, 0.717) is 19.6 Å². The largest absolute Gasteiger partial charge is 0.395 e. The van der Waals surface area contributed by atoms with Crippen molar-refractivity contribution >= 4 is 11.6 Å². The van der Waals surface area contributed by atoms with Crippen molar-refractivity contribution in [2.75, 3.05) is 31.6 Å². The van der Waals surface area contributed by atoms with Gasteiger partial charge in [-0.15, -0.1) is 6.58 Å². The molecular weight excluding hydrogens is 266 g/mol. The molecule has 0 aromatic heterocycles. The zero-order valence-corrected chi connectivity index (χ0v) is 11.1. The molecule has 20 heavy (non-hydrogen) atoms. The van der Waals surface area contributed by atoms with Crippen molar-refractivity contribution in [2.24, 2.45) is 0 Å². The molecule has 0 aliphatic rings. The number of hydrogen-bond donors (Lipinski definition) is 2. The molecule has 0 unspecified atom stereocenters. The third kappa shape index (κ3) is 5.90. The number of hydrogen-bond acceptors (Lipinski definition) is 3. The Morgan fingerprint density at radius 3 is 2.50 bits per heavy atom. The van der Waals surface area contributed by atoms with Gasteiger partial charge in [0.2, 0.25) is 5.91 Å². The number of benzene rings is 1. The predicted molar refractivity (Wildman–Crippen MR) is 73.3 cm³/mol. The van der Waals surface area contributed by atoms with Gasteiger partial charge in [0.15, 0.2) is 0 Å². The van der Waals surface area contributed by atoms with Crippen molar-refractivity contribution in [3.63, 3.8) is 0 Å². The van der Waals surface area contributed by atoms with Gasteiger partial charge in [-0.2, -0.15) is 0 Å². The maximum absolute atomic E-state index is 13.0. The SMILES string of the molecule is C=CCN(CCO)CCC(=O)Nc1cc(F)cc(F)c1. The Balaban J connectivity index is 2.48. The average Bonchev–Trinajstić information content (AvgIpc) is 2.35. The molecule has 110 valence electrons. The maximum atomic E-state index is 13.0. The summed E-state index contributed by atoms with van der Waals surface area (Å²) in [5, 5.41) is 11.3. The molecule has 0 fully saturated rings. The third-order valence-electron chi connectivity index (χ3n) is 2.60. The summed E-state index contributed by atoms with van der Waals surface area (Å²) >= 11 is 0. The quantitative estimate of drug-likeness (QED) is 0.715. The van der Waals surface area contributed by atoms with E-state index in [2.05, 4.69) is 11.9 Å². The molecule has 0 bridgehead atoms. The summed E-state index contributed by atoms with van der Waals surface area (Å²) < 4.78 is 25.9. The molecule has 0 radical (unpaired) electrons. The van der Waals surface area contributed by atoms with Gasteiger partial charge in [0.1, 0.15) is 11.6 Å². The van der Waals surface area contributed by atoms with Crippen molar-refractivity contribution in [1.29, 1.82) is 0 Å². The predicted octanol–water partition coefficient (Wildman–Crippen LogP) is 1.77. The molecule has 0 atom stereocenters. The van der Waals surface area contributed by atoms with Crippen LogP contribution >= 0.6 is 0 Å². The van der Waals surface area contributed by atoms with Crippen LogP contribution in [0.1, 0.15) is 6.42 Å². The lowest BCUT2D eigenvalue weighted by Crippen LogP contribution is -2.30. The fourth-order valence-electron chi connectivity index (χ4n) is 1.73. The van der Waals surface area contributed by atoms with Crippen molar-refractivity contribution < 1.29 is 18.7 Å². The summed E-state index contributed by atoms with van der Waals surface area (Å²) in [6, 6.07) is 2.84. The number of rotatable bonds is 8. The lowest BCUT2D eigenvalue weighted by Gasteiger charge is -2.18. The van der Waals surface area contributed by atoms with Gasteiger partial charge in [-0.1, -0.05) is 6.08 Å². The number of carbonyl (C=O) groups is 1. The van der Waals surface area contributed by atoms with Crippen LogP contribution in [0.4, 0.5) is 14.5 Å². The highest BCUT2D eigenvalue weighted by Crippen LogP contribution is 2.13. The number of anilines is 1. The monoisotopic (exact) mass is 284 g/mol. The number of aliphatic hydroxyl groups excluding tert-OH is 1. The summed E-state index contributed by atoms with van der Waals surface area (Å²) in [4.78, 5) is 13.5. The summed E-state index contributed by atoms with van der Waals surface area (Å²) in [5.74, 6) is -1.83. The lowest BCUT2D eigenvalue weighted by atomic mass is 10.2. The molecule has 1 amide bonds. The summed E-state index contributed by atoms with van der Waals surface area (Å²) in [6.45, 7) is 5.00. The van der Waals surface area contributed by atoms with Gasteiger partial charge in [-0.3, -0.25) is 9.69 Å². The number of halogens is 2. The minimum Gasteiger partial charge on any atom is -0.395 e. The first-order valence-electron chi connectivity index (χ1n) is 6.25. The van der Waals surface area contributed by atoms with Gasteiger partial charge in [0.25, 0.3) is 0 Å². The first-order chi connectivity index (χ1) is 9.55. The van der Waals surface area contributed by atoms with E-state index in [0.717, 1.165) is 18.2 Å². The summed E-state index contributed by atoms with van der Waals surface area (Å²) in [5.41, 5.74) is 0.0879. The first kappa shape index (κ1) is 16.3. The molecule has 4 nitrogen and oxygen atoms in total. The van der Waals surface area contributed by atoms with Crippen LogP contribution in [-0.2, 0) is 4.79 Å². The van der Waals surface area contributed by atoms with E-state index in [1.807, 2.05) is 4.90 Å². The standard InChI is InChI=1S/C14H18F2N2O2/c1-2-4-18(6-7-19)5-3-14(20)17-13-9-11(15)8-12(16)10-13/h2,8-10,19H,1,3-7H2,(H,17,20). The van der Waals surface area contributed by atoms with Crippen LogP contribution in [-0.4, -0.2) is 42.2 Å². The second-order valence-electron chi connectivity index (χ2n) is 4.27. The van der Waals surface area contributed by atoms with E-state index in [1.165, 1.54) is 0 Å². The van der Waals surface area contributed by atoms with Gasteiger partial charge < -0.3 is 10.4 Å². The van der Waals surface area contributed by atoms with E-state index in [-0.39, 0.29) is 24.6 Å². The van der Waals surface area contributed by atoms with Crippen LogP contribution in [0.2, 0.25) is 0 Å². The minimum absolute atomic E-state index is 0.00936. The van der Waals surface area contributed by atoms with Crippen molar-refractivity contribution in [3.05, 3.63) is 42.5 Å². The number of carbonyl (C=O) groups excluding carboxylic acids is 1. The van der Waals surface area contributed by atoms with Crippen LogP contribution in [0.3, 0.4) is 0 Å². The van der Waals surface area contributed by atoms with Crippen LogP contribution in [0.25, 0.3) is 0 Å². The van der Waals surface area contributed by atoms with Crippen molar-refractivity contribution in [2.45, 2.75) is 6.42 Å². The molecule has 0 aliphatic carbocycles. The van der Waals surface area contributed by atoms with E-state index >= 15 is 0 Å². The van der Waals surface area contributed by atoms with Gasteiger partial charge >= 0.3 is 0 Å². The minimum atomic E-state index is -0.742. The molecule has 1 aromatic carbocycles. The second-order valence-corrected chi connectivity index (χ2v) is 4.27. The van der Waals surface area contributed by atoms with E-state index < -0.39 is 11.6 Å². The normalized spacial score (nSPS) is 10.6. The molecule has 2 N–H and O–H groups in total. The zero-order valence-electron chi connectivity index (χ0n) is 11.1. The zero-order chi connectivity index (χ0) is 15.0. The van der Waals surface area contributed by atoms with Crippen LogP contribution in [0, 0.1) is 11.6 Å². The van der Waals surface area contributed by atoms with Crippen molar-refractivity contribution in [3.8, 4) is 0 Å². The molecule has 0 saturated heterocycles. The Morgan fingerprint density at radius 1 is 1.30 bits per heavy atom. The Bertz CT molecular complexity index is 446. The molecule has 6 heteroatoms. The van der Waals surface area contributed by atoms with Crippen LogP contribution in [0.15, 0.2) is 30.9 Å². The number of nitrogens with zero attached hydrogens (tertiary/aromatic N) is 1. The Labute approximate surface area is 116 Å². The Morgan fingerprint density at radius 2 is 1.95 bits per heavy atom. The lowest BCUT2D eigenvalue weighted by molar-refractivity contribution is -0.116. The molecule has 0 heterocycles. The van der Waals surface area contributed by atoms with Gasteiger partial charge in [-0.25, -0.2) is 8.78 Å². The number of amides is 1. The summed E-state index contributed by atoms with van der Waals surface area (Å²) in [7, 11) is 0. The topological polar surface area (TPSA) is 52.6 Å². The molecule has 0 saturated carbocycles. The third-order valence-corrected chi connectivity index (χ3v) is 2.60. The van der Waals surface area contributed by atoms with Gasteiger partial charge in [-0.05, 0) is 12.1 Å². The van der Waals surface area contributed by atoms with Crippen molar-refractivity contribution in [1.82, 2.24) is 4.90 Å². The highest BCUT2D eigenvalue weighted by atomic mass is 19.1. The first-order valence-corrected chi connectivity index (χ1v) is 6.25. The average molecular weight is 284 g/mol. The van der Waals surface area contributed by atoms with E-state index in [9.17, 15) is 13.6 Å². The number of nitrogens with one attached hydrogen (secondary N) is 1. The highest BCUT2D eigenvalue weighted by Gasteiger charge is 2.08. The Hall–Kier alpha value is -1.79. The number of aliphatic hydroxyl groups is 1. The van der Waals surface area contributed by atoms with Gasteiger partial charge in [0.05, 0.1) is 6.61 Å². The molecular formula is C14H18F2N2O2. The van der Waals surface area contributed by atoms with E-state index in [4.69, 9.17) is 5.11 Å². The summed E-state index contributed by atoms with van der Waals surface area (Å²) in [6.07, 6.45) is 1.83. The second kappa shape index (κ2) is 8.39. The molecule has 0 aliphatic heterocycles. The van der Waals surface area contributed by atoms with E-state index in [1.54, 1.807) is 6.08 Å². The fraction of sp³-hybridized carbons (Fsp3) is 0.357. The van der Waals surface area contributed by atoms with Crippen LogP contribution < -0.4 is 5.32 Å². The molecule has 1 aromatic rings. The van der Waals surface area contributed by atoms with Gasteiger partial charge in [0, 0.05) is 37.8 Å². The fourth-order valence-corrected chi connectivity index (χ4v) is 1.73.